The minimum Gasteiger partial charge on any atom is -0.379 e. The van der Waals surface area contributed by atoms with Gasteiger partial charge >= 0.3 is 0 Å². The molecule has 1 atom stereocenters. The Labute approximate surface area is 111 Å². The van der Waals surface area contributed by atoms with Gasteiger partial charge in [0.25, 0.3) is 0 Å². The Morgan fingerprint density at radius 2 is 2.28 bits per heavy atom. The number of benzene rings is 1. The number of rotatable bonds is 1. The molecule has 0 aliphatic carbocycles. The number of aromatic nitrogens is 1. The van der Waals surface area contributed by atoms with Crippen molar-refractivity contribution in [2.45, 2.75) is 12.5 Å². The molecular weight excluding hydrogens is 248 g/mol. The summed E-state index contributed by atoms with van der Waals surface area (Å²) < 4.78 is 5.62. The number of ether oxygens (including phenoxy) is 1. The fourth-order valence-electron chi connectivity index (χ4n) is 2.35. The Kier molecular flexibility index (Phi) is 3.46. The van der Waals surface area contributed by atoms with E-state index >= 15 is 0 Å². The normalized spacial score (nSPS) is 20.8. The number of pyridine rings is 1. The second kappa shape index (κ2) is 5.22. The molecular formula is C14H15ClN2O. The highest BCUT2D eigenvalue weighted by molar-refractivity contribution is 6.31. The number of nitrogens with zero attached hydrogens (tertiary/aromatic N) is 1. The molecule has 0 radical (unpaired) electrons. The maximum absolute atomic E-state index is 6.08. The molecule has 1 aromatic carbocycles. The van der Waals surface area contributed by atoms with Gasteiger partial charge in [-0.3, -0.25) is 4.98 Å². The molecule has 0 bridgehead atoms. The van der Waals surface area contributed by atoms with Gasteiger partial charge in [-0.15, -0.1) is 0 Å². The molecule has 2 aromatic rings. The molecule has 1 aliphatic heterocycles. The van der Waals surface area contributed by atoms with Crippen LogP contribution in [0, 0.1) is 0 Å². The summed E-state index contributed by atoms with van der Waals surface area (Å²) >= 11 is 6.08. The Hall–Kier alpha value is -1.16. The third-order valence-corrected chi connectivity index (χ3v) is 3.49. The van der Waals surface area contributed by atoms with Gasteiger partial charge in [0, 0.05) is 23.2 Å². The smallest absolute Gasteiger partial charge is 0.0706 e. The summed E-state index contributed by atoms with van der Waals surface area (Å²) in [5.41, 5.74) is 2.19. The van der Waals surface area contributed by atoms with Crippen molar-refractivity contribution in [1.82, 2.24) is 10.3 Å². The molecule has 0 spiro atoms. The fraction of sp³-hybridized carbons (Fsp3) is 0.357. The fourth-order valence-corrected chi connectivity index (χ4v) is 2.53. The Morgan fingerprint density at radius 1 is 1.33 bits per heavy atom. The Bertz CT molecular complexity index is 550. The van der Waals surface area contributed by atoms with E-state index < -0.39 is 0 Å². The van der Waals surface area contributed by atoms with E-state index in [1.54, 1.807) is 0 Å². The van der Waals surface area contributed by atoms with Gasteiger partial charge in [0.1, 0.15) is 0 Å². The second-order valence-electron chi connectivity index (χ2n) is 4.50. The first kappa shape index (κ1) is 11.9. The number of nitrogens with one attached hydrogen (secondary N) is 1. The predicted molar refractivity (Wildman–Crippen MR) is 72.9 cm³/mol. The molecule has 3 nitrogen and oxygen atoms in total. The third-order valence-electron chi connectivity index (χ3n) is 3.25. The zero-order valence-electron chi connectivity index (χ0n) is 10.0. The maximum Gasteiger partial charge on any atom is 0.0706 e. The summed E-state index contributed by atoms with van der Waals surface area (Å²) in [5, 5.41) is 5.36. The molecule has 2 heterocycles. The zero-order valence-corrected chi connectivity index (χ0v) is 10.8. The van der Waals surface area contributed by atoms with E-state index in [4.69, 9.17) is 16.3 Å². The molecule has 1 aromatic heterocycles. The van der Waals surface area contributed by atoms with Crippen molar-refractivity contribution >= 4 is 22.5 Å². The first-order chi connectivity index (χ1) is 8.84. The minimum atomic E-state index is 0.219. The van der Waals surface area contributed by atoms with Crippen LogP contribution in [0.5, 0.6) is 0 Å². The van der Waals surface area contributed by atoms with Crippen molar-refractivity contribution in [2.24, 2.45) is 0 Å². The van der Waals surface area contributed by atoms with Crippen LogP contribution in [0.15, 0.2) is 30.5 Å². The van der Waals surface area contributed by atoms with Crippen LogP contribution < -0.4 is 5.32 Å². The van der Waals surface area contributed by atoms with Crippen LogP contribution in [0.4, 0.5) is 0 Å². The molecule has 1 aliphatic rings. The van der Waals surface area contributed by atoms with E-state index in [1.807, 2.05) is 30.5 Å². The quantitative estimate of drug-likeness (QED) is 0.858. The van der Waals surface area contributed by atoms with E-state index in [2.05, 4.69) is 10.3 Å². The molecule has 1 N–H and O–H groups in total. The van der Waals surface area contributed by atoms with Crippen LogP contribution in [0.1, 0.15) is 18.0 Å². The highest BCUT2D eigenvalue weighted by Gasteiger charge is 2.16. The molecule has 18 heavy (non-hydrogen) atoms. The molecule has 1 unspecified atom stereocenters. The van der Waals surface area contributed by atoms with E-state index in [1.165, 1.54) is 5.56 Å². The van der Waals surface area contributed by atoms with Crippen molar-refractivity contribution < 1.29 is 4.74 Å². The Morgan fingerprint density at radius 3 is 3.22 bits per heavy atom. The lowest BCUT2D eigenvalue weighted by molar-refractivity contribution is 0.132. The van der Waals surface area contributed by atoms with Gasteiger partial charge in [-0.05, 0) is 42.8 Å². The van der Waals surface area contributed by atoms with Gasteiger partial charge in [0.2, 0.25) is 0 Å². The van der Waals surface area contributed by atoms with Gasteiger partial charge in [0.15, 0.2) is 0 Å². The van der Waals surface area contributed by atoms with Crippen LogP contribution in [0.2, 0.25) is 5.02 Å². The molecule has 1 fully saturated rings. The lowest BCUT2D eigenvalue weighted by atomic mass is 10.0. The van der Waals surface area contributed by atoms with E-state index in [9.17, 15) is 0 Å². The molecule has 3 rings (SSSR count). The molecule has 4 heteroatoms. The number of hydrogen-bond donors (Lipinski definition) is 1. The third kappa shape index (κ3) is 2.34. The van der Waals surface area contributed by atoms with E-state index in [0.29, 0.717) is 6.61 Å². The summed E-state index contributed by atoms with van der Waals surface area (Å²) in [4.78, 5) is 4.37. The maximum atomic E-state index is 6.08. The van der Waals surface area contributed by atoms with Gasteiger partial charge in [-0.2, -0.15) is 0 Å². The second-order valence-corrected chi connectivity index (χ2v) is 4.93. The number of halogens is 1. The topological polar surface area (TPSA) is 34.1 Å². The summed E-state index contributed by atoms with van der Waals surface area (Å²) in [7, 11) is 0. The zero-order chi connectivity index (χ0) is 12.4. The predicted octanol–water partition coefficient (Wildman–Crippen LogP) is 2.94. The van der Waals surface area contributed by atoms with Gasteiger partial charge in [-0.1, -0.05) is 11.6 Å². The van der Waals surface area contributed by atoms with Crippen LogP contribution in [0.25, 0.3) is 10.9 Å². The van der Waals surface area contributed by atoms with E-state index in [0.717, 1.165) is 35.5 Å². The molecule has 94 valence electrons. The van der Waals surface area contributed by atoms with Crippen molar-refractivity contribution in [1.29, 1.82) is 0 Å². The first-order valence-electron chi connectivity index (χ1n) is 6.20. The molecule has 0 amide bonds. The summed E-state index contributed by atoms with van der Waals surface area (Å²) in [6, 6.07) is 8.07. The lowest BCUT2D eigenvalue weighted by Crippen LogP contribution is -2.23. The highest BCUT2D eigenvalue weighted by Crippen LogP contribution is 2.26. The first-order valence-corrected chi connectivity index (χ1v) is 6.58. The van der Waals surface area contributed by atoms with Crippen LogP contribution >= 0.6 is 11.6 Å². The van der Waals surface area contributed by atoms with Gasteiger partial charge in [0.05, 0.1) is 18.2 Å². The van der Waals surface area contributed by atoms with E-state index in [-0.39, 0.29) is 6.04 Å². The summed E-state index contributed by atoms with van der Waals surface area (Å²) in [6.45, 7) is 2.51. The number of hydrogen-bond acceptors (Lipinski definition) is 3. The van der Waals surface area contributed by atoms with Crippen LogP contribution in [-0.2, 0) is 4.74 Å². The van der Waals surface area contributed by atoms with Crippen molar-refractivity contribution in [3.05, 3.63) is 41.0 Å². The van der Waals surface area contributed by atoms with Crippen molar-refractivity contribution in [2.75, 3.05) is 19.8 Å². The minimum absolute atomic E-state index is 0.219. The van der Waals surface area contributed by atoms with Crippen LogP contribution in [0.3, 0.4) is 0 Å². The SMILES string of the molecule is Clc1ccc2nccc(C3COCCCN3)c2c1. The largest absolute Gasteiger partial charge is 0.379 e. The number of fused-ring (bicyclic) bond motifs is 1. The lowest BCUT2D eigenvalue weighted by Gasteiger charge is -2.17. The highest BCUT2D eigenvalue weighted by atomic mass is 35.5. The summed E-state index contributed by atoms with van der Waals surface area (Å²) in [5.74, 6) is 0. The van der Waals surface area contributed by atoms with Crippen molar-refractivity contribution in [3.63, 3.8) is 0 Å². The molecule has 0 saturated carbocycles. The standard InChI is InChI=1S/C14H15ClN2O/c15-10-2-3-13-12(8-10)11(4-6-17-13)14-9-18-7-1-5-16-14/h2-4,6,8,14,16H,1,5,7,9H2. The van der Waals surface area contributed by atoms with Crippen LogP contribution in [-0.4, -0.2) is 24.7 Å². The average molecular weight is 263 g/mol. The van der Waals surface area contributed by atoms with Gasteiger partial charge in [-0.25, -0.2) is 0 Å². The summed E-state index contributed by atoms with van der Waals surface area (Å²) in [6.07, 6.45) is 2.90. The monoisotopic (exact) mass is 262 g/mol. The van der Waals surface area contributed by atoms with Crippen molar-refractivity contribution in [3.8, 4) is 0 Å². The molecule has 1 saturated heterocycles. The van der Waals surface area contributed by atoms with Gasteiger partial charge < -0.3 is 10.1 Å². The Balaban J connectivity index is 2.06. The average Bonchev–Trinajstić information content (AvgIpc) is 2.67.